The van der Waals surface area contributed by atoms with Gasteiger partial charge in [0.15, 0.2) is 12.6 Å². The van der Waals surface area contributed by atoms with Gasteiger partial charge in [-0.05, 0) is 38.0 Å². The van der Waals surface area contributed by atoms with Gasteiger partial charge >= 0.3 is 6.18 Å². The normalized spacial score (nSPS) is 12.5. The van der Waals surface area contributed by atoms with E-state index < -0.39 is 12.8 Å². The van der Waals surface area contributed by atoms with E-state index in [1.807, 2.05) is 19.9 Å². The molecule has 134 valence electrons. The van der Waals surface area contributed by atoms with Crippen molar-refractivity contribution in [1.82, 2.24) is 10.6 Å². The lowest BCUT2D eigenvalue weighted by molar-refractivity contribution is -0.153. The van der Waals surface area contributed by atoms with Gasteiger partial charge in [-0.2, -0.15) is 13.2 Å². The quantitative estimate of drug-likeness (QED) is 0.328. The molecule has 0 heterocycles. The summed E-state index contributed by atoms with van der Waals surface area (Å²) in [7, 11) is 0. The number of rotatable bonds is 8. The van der Waals surface area contributed by atoms with Crippen molar-refractivity contribution in [1.29, 1.82) is 0 Å². The molecule has 1 rings (SSSR count). The zero-order chi connectivity index (χ0) is 17.8. The third-order valence-corrected chi connectivity index (χ3v) is 2.93. The van der Waals surface area contributed by atoms with Gasteiger partial charge in [-0.25, -0.2) is 4.99 Å². The fraction of sp³-hybridized carbons (Fsp3) is 0.471. The fourth-order valence-corrected chi connectivity index (χ4v) is 1.81. The van der Waals surface area contributed by atoms with Crippen LogP contribution in [0.1, 0.15) is 25.8 Å². The predicted molar refractivity (Wildman–Crippen MR) is 90.2 cm³/mol. The zero-order valence-electron chi connectivity index (χ0n) is 14.0. The lowest BCUT2D eigenvalue weighted by Crippen LogP contribution is -2.37. The Morgan fingerprint density at radius 2 is 1.92 bits per heavy atom. The number of nitrogens with zero attached hydrogens (tertiary/aromatic N) is 1. The number of halogens is 3. The molecule has 0 spiro atoms. The maximum absolute atomic E-state index is 12.1. The highest BCUT2D eigenvalue weighted by Crippen LogP contribution is 2.19. The van der Waals surface area contributed by atoms with Crippen LogP contribution in [-0.4, -0.2) is 31.8 Å². The van der Waals surface area contributed by atoms with Gasteiger partial charge < -0.3 is 15.4 Å². The van der Waals surface area contributed by atoms with Crippen LogP contribution >= 0.6 is 0 Å². The first kappa shape index (κ1) is 19.9. The van der Waals surface area contributed by atoms with Crippen molar-refractivity contribution in [3.8, 4) is 5.75 Å². The van der Waals surface area contributed by atoms with Gasteiger partial charge in [0.1, 0.15) is 5.75 Å². The molecular formula is C17H24F3N3O. The summed E-state index contributed by atoms with van der Waals surface area (Å²) in [5, 5.41) is 6.36. The highest BCUT2D eigenvalue weighted by atomic mass is 19.4. The molecule has 1 aromatic rings. The molecule has 0 fully saturated rings. The van der Waals surface area contributed by atoms with Gasteiger partial charge in [-0.1, -0.05) is 24.3 Å². The molecule has 0 unspecified atom stereocenters. The first-order chi connectivity index (χ1) is 11.4. The van der Waals surface area contributed by atoms with Crippen molar-refractivity contribution in [3.63, 3.8) is 0 Å². The van der Waals surface area contributed by atoms with Crippen molar-refractivity contribution >= 4 is 5.96 Å². The standard InChI is InChI=1S/C17H24F3N3O/c1-3-5-6-11-22-16(21-4-2)23-12-14-7-9-15(10-8-14)24-13-17(18,19)20/h3,5,7-10H,4,6,11-13H2,1-2H3,(H2,21,22,23)/b5-3+. The van der Waals surface area contributed by atoms with E-state index in [0.717, 1.165) is 25.1 Å². The number of hydrogen-bond acceptors (Lipinski definition) is 2. The first-order valence-corrected chi connectivity index (χ1v) is 7.86. The summed E-state index contributed by atoms with van der Waals surface area (Å²) in [6.07, 6.45) is 0.638. The minimum atomic E-state index is -4.33. The third kappa shape index (κ3) is 9.07. The molecule has 24 heavy (non-hydrogen) atoms. The van der Waals surface area contributed by atoms with Crippen molar-refractivity contribution < 1.29 is 17.9 Å². The Bertz CT molecular complexity index is 525. The molecule has 1 aromatic carbocycles. The Morgan fingerprint density at radius 1 is 1.21 bits per heavy atom. The second kappa shape index (κ2) is 10.6. The van der Waals surface area contributed by atoms with Crippen LogP contribution in [0.15, 0.2) is 41.4 Å². The lowest BCUT2D eigenvalue weighted by atomic mass is 10.2. The maximum Gasteiger partial charge on any atom is 0.422 e. The number of ether oxygens (including phenoxy) is 1. The zero-order valence-corrected chi connectivity index (χ0v) is 14.0. The molecule has 0 aromatic heterocycles. The van der Waals surface area contributed by atoms with E-state index in [4.69, 9.17) is 0 Å². The number of aliphatic imine (C=N–C) groups is 1. The Hall–Kier alpha value is -2.18. The SMILES string of the molecule is C/C=C/CCNC(=NCc1ccc(OCC(F)(F)F)cc1)NCC. The van der Waals surface area contributed by atoms with Gasteiger partial charge in [0.25, 0.3) is 0 Å². The van der Waals surface area contributed by atoms with E-state index in [9.17, 15) is 13.2 Å². The van der Waals surface area contributed by atoms with E-state index in [1.165, 1.54) is 12.1 Å². The monoisotopic (exact) mass is 343 g/mol. The van der Waals surface area contributed by atoms with E-state index in [2.05, 4.69) is 26.4 Å². The Kier molecular flexibility index (Phi) is 8.75. The van der Waals surface area contributed by atoms with Gasteiger partial charge in [0.2, 0.25) is 0 Å². The van der Waals surface area contributed by atoms with Crippen LogP contribution in [0.25, 0.3) is 0 Å². The van der Waals surface area contributed by atoms with Crippen LogP contribution in [-0.2, 0) is 6.54 Å². The van der Waals surface area contributed by atoms with Gasteiger partial charge in [0, 0.05) is 13.1 Å². The highest BCUT2D eigenvalue weighted by molar-refractivity contribution is 5.79. The van der Waals surface area contributed by atoms with Crippen LogP contribution in [0.3, 0.4) is 0 Å². The van der Waals surface area contributed by atoms with Crippen molar-refractivity contribution in [2.24, 2.45) is 4.99 Å². The molecule has 0 radical (unpaired) electrons. The van der Waals surface area contributed by atoms with Crippen molar-refractivity contribution in [2.75, 3.05) is 19.7 Å². The van der Waals surface area contributed by atoms with Crippen LogP contribution in [0.5, 0.6) is 5.75 Å². The minimum absolute atomic E-state index is 0.191. The van der Waals surface area contributed by atoms with Gasteiger partial charge in [0.05, 0.1) is 6.54 Å². The number of alkyl halides is 3. The maximum atomic E-state index is 12.1. The Morgan fingerprint density at radius 3 is 2.50 bits per heavy atom. The summed E-state index contributed by atoms with van der Waals surface area (Å²) in [6.45, 7) is 4.63. The average molecular weight is 343 g/mol. The van der Waals surface area contributed by atoms with Gasteiger partial charge in [-0.15, -0.1) is 0 Å². The minimum Gasteiger partial charge on any atom is -0.484 e. The smallest absolute Gasteiger partial charge is 0.422 e. The molecule has 0 amide bonds. The second-order valence-corrected chi connectivity index (χ2v) is 5.03. The highest BCUT2D eigenvalue weighted by Gasteiger charge is 2.28. The summed E-state index contributed by atoms with van der Waals surface area (Å²) < 4.78 is 40.9. The van der Waals surface area contributed by atoms with Crippen LogP contribution < -0.4 is 15.4 Å². The molecule has 7 heteroatoms. The van der Waals surface area contributed by atoms with E-state index >= 15 is 0 Å². The summed E-state index contributed by atoms with van der Waals surface area (Å²) in [4.78, 5) is 4.45. The van der Waals surface area contributed by atoms with Crippen molar-refractivity contribution in [3.05, 3.63) is 42.0 Å². The molecule has 0 aliphatic heterocycles. The molecule has 0 aliphatic carbocycles. The molecule has 0 atom stereocenters. The molecule has 0 bridgehead atoms. The van der Waals surface area contributed by atoms with Crippen molar-refractivity contribution in [2.45, 2.75) is 33.0 Å². The van der Waals surface area contributed by atoms with Crippen LogP contribution in [0.4, 0.5) is 13.2 Å². The van der Waals surface area contributed by atoms with Crippen LogP contribution in [0.2, 0.25) is 0 Å². The predicted octanol–water partition coefficient (Wildman–Crippen LogP) is 3.65. The Balaban J connectivity index is 2.52. The molecule has 4 nitrogen and oxygen atoms in total. The average Bonchev–Trinajstić information content (AvgIpc) is 2.55. The lowest BCUT2D eigenvalue weighted by Gasteiger charge is -2.11. The summed E-state index contributed by atoms with van der Waals surface area (Å²) in [5.41, 5.74) is 0.889. The van der Waals surface area contributed by atoms with E-state index in [-0.39, 0.29) is 5.75 Å². The Labute approximate surface area is 140 Å². The van der Waals surface area contributed by atoms with Crippen LogP contribution in [0, 0.1) is 0 Å². The molecule has 0 saturated carbocycles. The molecule has 2 N–H and O–H groups in total. The molecule has 0 saturated heterocycles. The number of hydrogen-bond donors (Lipinski definition) is 2. The summed E-state index contributed by atoms with van der Waals surface area (Å²) >= 11 is 0. The molecule has 0 aliphatic rings. The molecular weight excluding hydrogens is 319 g/mol. The van der Waals surface area contributed by atoms with E-state index in [1.54, 1.807) is 12.1 Å². The number of nitrogens with one attached hydrogen (secondary N) is 2. The van der Waals surface area contributed by atoms with Gasteiger partial charge in [-0.3, -0.25) is 0 Å². The number of allylic oxidation sites excluding steroid dienone is 1. The second-order valence-electron chi connectivity index (χ2n) is 5.03. The summed E-state index contributed by atoms with van der Waals surface area (Å²) in [5.74, 6) is 0.899. The number of benzene rings is 1. The first-order valence-electron chi connectivity index (χ1n) is 7.86. The third-order valence-electron chi connectivity index (χ3n) is 2.93. The summed E-state index contributed by atoms with van der Waals surface area (Å²) in [6, 6.07) is 6.45. The fourth-order valence-electron chi connectivity index (χ4n) is 1.81. The number of guanidine groups is 1. The topological polar surface area (TPSA) is 45.7 Å². The largest absolute Gasteiger partial charge is 0.484 e. The van der Waals surface area contributed by atoms with E-state index in [0.29, 0.717) is 12.5 Å².